The van der Waals surface area contributed by atoms with Crippen LogP contribution in [0.4, 0.5) is 10.9 Å². The number of nitrogens with one attached hydrogen (secondary N) is 2. The lowest BCUT2D eigenvalue weighted by atomic mass is 9.90. The van der Waals surface area contributed by atoms with Gasteiger partial charge in [-0.2, -0.15) is 0 Å². The predicted molar refractivity (Wildman–Crippen MR) is 113 cm³/mol. The Morgan fingerprint density at radius 1 is 1.39 bits per heavy atom. The second-order valence-electron chi connectivity index (χ2n) is 8.22. The van der Waals surface area contributed by atoms with Gasteiger partial charge in [0.15, 0.2) is 5.13 Å². The number of nitrogens with zero attached hydrogens (tertiary/aromatic N) is 3. The second kappa shape index (κ2) is 8.17. The molecular formula is C21H29N5OS. The molecule has 2 aliphatic heterocycles. The molecule has 1 atom stereocenters. The third-order valence-corrected chi connectivity index (χ3v) is 6.73. The van der Waals surface area contributed by atoms with Gasteiger partial charge in [-0.15, -0.1) is 11.3 Å². The van der Waals surface area contributed by atoms with Crippen LogP contribution in [0.25, 0.3) is 0 Å². The Bertz CT molecular complexity index is 822. The maximum atomic E-state index is 12.8. The topological polar surface area (TPSA) is 70.2 Å². The number of aromatic nitrogens is 2. The highest BCUT2D eigenvalue weighted by Gasteiger charge is 2.39. The first-order valence-corrected chi connectivity index (χ1v) is 11.0. The summed E-state index contributed by atoms with van der Waals surface area (Å²) >= 11 is 1.63. The number of aryl methyl sites for hydroxylation is 1. The van der Waals surface area contributed by atoms with Gasteiger partial charge in [0.05, 0.1) is 5.54 Å². The van der Waals surface area contributed by atoms with Crippen molar-refractivity contribution in [1.29, 1.82) is 0 Å². The Morgan fingerprint density at radius 2 is 2.21 bits per heavy atom. The smallest absolute Gasteiger partial charge is 0.242 e. The molecule has 0 radical (unpaired) electrons. The summed E-state index contributed by atoms with van der Waals surface area (Å²) in [5.41, 5.74) is 0.759. The number of pyridine rings is 1. The molecule has 2 saturated heterocycles. The summed E-state index contributed by atoms with van der Waals surface area (Å²) in [5.74, 6) is 1.71. The number of rotatable bonds is 5. The number of carbonyl (C=O) groups is 1. The van der Waals surface area contributed by atoms with Gasteiger partial charge < -0.3 is 15.5 Å². The van der Waals surface area contributed by atoms with E-state index in [1.54, 1.807) is 11.3 Å². The van der Waals surface area contributed by atoms with E-state index in [2.05, 4.69) is 39.6 Å². The standard InChI is InChI=1S/C21H29N5OS/c1-15-14-22-20(28-15)25-18-6-3-5-17(24-18)13-16-7-11-26(12-8-16)19(27)21(2)9-4-10-23-21/h3,5-6,14,16,23H,4,7-13H2,1-2H3,(H,22,24,25)/t21-/m0/s1. The maximum Gasteiger partial charge on any atom is 0.242 e. The summed E-state index contributed by atoms with van der Waals surface area (Å²) in [6.07, 6.45) is 6.97. The van der Waals surface area contributed by atoms with Crippen molar-refractivity contribution in [3.05, 3.63) is 35.0 Å². The van der Waals surface area contributed by atoms with Crippen molar-refractivity contribution >= 4 is 28.2 Å². The van der Waals surface area contributed by atoms with E-state index >= 15 is 0 Å². The molecule has 7 heteroatoms. The molecule has 4 rings (SSSR count). The summed E-state index contributed by atoms with van der Waals surface area (Å²) in [5, 5.41) is 7.57. The van der Waals surface area contributed by atoms with Crippen molar-refractivity contribution in [3.63, 3.8) is 0 Å². The lowest BCUT2D eigenvalue weighted by molar-refractivity contribution is -0.138. The van der Waals surface area contributed by atoms with Crippen LogP contribution in [0.1, 0.15) is 43.2 Å². The molecule has 0 unspecified atom stereocenters. The Kier molecular flexibility index (Phi) is 5.64. The van der Waals surface area contributed by atoms with Gasteiger partial charge in [0, 0.05) is 29.9 Å². The number of anilines is 2. The quantitative estimate of drug-likeness (QED) is 0.805. The molecule has 2 aromatic heterocycles. The largest absolute Gasteiger partial charge is 0.341 e. The number of carbonyl (C=O) groups excluding carboxylic acids is 1. The fourth-order valence-electron chi connectivity index (χ4n) is 4.25. The molecule has 28 heavy (non-hydrogen) atoms. The highest BCUT2D eigenvalue weighted by molar-refractivity contribution is 7.15. The summed E-state index contributed by atoms with van der Waals surface area (Å²) in [4.78, 5) is 25.2. The van der Waals surface area contributed by atoms with E-state index in [9.17, 15) is 4.79 Å². The number of likely N-dealkylation sites (tertiary alicyclic amines) is 1. The predicted octanol–water partition coefficient (Wildman–Crippen LogP) is 3.51. The zero-order valence-corrected chi connectivity index (χ0v) is 17.5. The molecule has 0 spiro atoms. The minimum atomic E-state index is -0.345. The van der Waals surface area contributed by atoms with Crippen LogP contribution in [0.3, 0.4) is 0 Å². The molecule has 4 heterocycles. The molecule has 0 aromatic carbocycles. The zero-order chi connectivity index (χ0) is 19.6. The molecule has 2 aromatic rings. The van der Waals surface area contributed by atoms with Gasteiger partial charge in [0.1, 0.15) is 5.82 Å². The third-order valence-electron chi connectivity index (χ3n) is 5.90. The first-order chi connectivity index (χ1) is 13.5. The molecular weight excluding hydrogens is 370 g/mol. The summed E-state index contributed by atoms with van der Waals surface area (Å²) in [7, 11) is 0. The second-order valence-corrected chi connectivity index (χ2v) is 9.45. The van der Waals surface area contributed by atoms with Crippen molar-refractivity contribution in [2.45, 2.75) is 51.5 Å². The Morgan fingerprint density at radius 3 is 2.89 bits per heavy atom. The average molecular weight is 400 g/mol. The van der Waals surface area contributed by atoms with Crippen molar-refractivity contribution < 1.29 is 4.79 Å². The first-order valence-electron chi connectivity index (χ1n) is 10.2. The van der Waals surface area contributed by atoms with Crippen LogP contribution in [0, 0.1) is 12.8 Å². The summed E-state index contributed by atoms with van der Waals surface area (Å²) in [6.45, 7) is 6.78. The maximum absolute atomic E-state index is 12.8. The van der Waals surface area contributed by atoms with Crippen LogP contribution in [0.5, 0.6) is 0 Å². The molecule has 2 N–H and O–H groups in total. The lowest BCUT2D eigenvalue weighted by Gasteiger charge is -2.37. The van der Waals surface area contributed by atoms with Crippen molar-refractivity contribution in [1.82, 2.24) is 20.2 Å². The number of thiazole rings is 1. The van der Waals surface area contributed by atoms with Crippen molar-refractivity contribution in [2.24, 2.45) is 5.92 Å². The van der Waals surface area contributed by atoms with Gasteiger partial charge in [0.2, 0.25) is 5.91 Å². The fraction of sp³-hybridized carbons (Fsp3) is 0.571. The summed E-state index contributed by atoms with van der Waals surface area (Å²) in [6, 6.07) is 6.13. The van der Waals surface area contributed by atoms with Gasteiger partial charge in [-0.1, -0.05) is 6.07 Å². The van der Waals surface area contributed by atoms with Gasteiger partial charge in [-0.3, -0.25) is 4.79 Å². The van der Waals surface area contributed by atoms with Crippen LogP contribution in [0.15, 0.2) is 24.4 Å². The van der Waals surface area contributed by atoms with E-state index in [-0.39, 0.29) is 11.4 Å². The Labute approximate surface area is 170 Å². The minimum Gasteiger partial charge on any atom is -0.341 e. The SMILES string of the molecule is Cc1cnc(Nc2cccc(CC3CCN(C(=O)[C@]4(C)CCCN4)CC3)n2)s1. The van der Waals surface area contributed by atoms with E-state index in [1.807, 2.05) is 19.2 Å². The van der Waals surface area contributed by atoms with Crippen LogP contribution in [0.2, 0.25) is 0 Å². The molecule has 1 amide bonds. The summed E-state index contributed by atoms with van der Waals surface area (Å²) < 4.78 is 0. The third kappa shape index (κ3) is 4.36. The monoisotopic (exact) mass is 399 g/mol. The van der Waals surface area contributed by atoms with Gasteiger partial charge in [0.25, 0.3) is 0 Å². The van der Waals surface area contributed by atoms with E-state index in [0.717, 1.165) is 68.4 Å². The first kappa shape index (κ1) is 19.3. The molecule has 2 aliphatic rings. The van der Waals surface area contributed by atoms with Crippen LogP contribution in [-0.4, -0.2) is 45.9 Å². The zero-order valence-electron chi connectivity index (χ0n) is 16.7. The number of hydrogen-bond donors (Lipinski definition) is 2. The van der Waals surface area contributed by atoms with Crippen LogP contribution < -0.4 is 10.6 Å². The Hall–Kier alpha value is -1.99. The molecule has 2 fully saturated rings. The molecule has 0 aliphatic carbocycles. The van der Waals surface area contributed by atoms with E-state index in [1.165, 1.54) is 4.88 Å². The minimum absolute atomic E-state index is 0.284. The Balaban J connectivity index is 1.31. The lowest BCUT2D eigenvalue weighted by Crippen LogP contribution is -2.54. The normalized spacial score (nSPS) is 23.1. The van der Waals surface area contributed by atoms with Crippen LogP contribution in [-0.2, 0) is 11.2 Å². The fourth-order valence-corrected chi connectivity index (χ4v) is 4.92. The average Bonchev–Trinajstić information content (AvgIpc) is 3.31. The molecule has 6 nitrogen and oxygen atoms in total. The van der Waals surface area contributed by atoms with Gasteiger partial charge >= 0.3 is 0 Å². The van der Waals surface area contributed by atoms with Crippen LogP contribution >= 0.6 is 11.3 Å². The number of hydrogen-bond acceptors (Lipinski definition) is 6. The van der Waals surface area contributed by atoms with E-state index in [4.69, 9.17) is 4.98 Å². The van der Waals surface area contributed by atoms with Crippen molar-refractivity contribution in [3.8, 4) is 0 Å². The van der Waals surface area contributed by atoms with Gasteiger partial charge in [-0.05, 0) is 70.5 Å². The molecule has 0 bridgehead atoms. The van der Waals surface area contributed by atoms with E-state index in [0.29, 0.717) is 5.92 Å². The molecule has 0 saturated carbocycles. The highest BCUT2D eigenvalue weighted by Crippen LogP contribution is 2.27. The van der Waals surface area contributed by atoms with Gasteiger partial charge in [-0.25, -0.2) is 9.97 Å². The number of piperidine rings is 1. The molecule has 150 valence electrons. The van der Waals surface area contributed by atoms with Crippen molar-refractivity contribution in [2.75, 3.05) is 25.0 Å². The highest BCUT2D eigenvalue weighted by atomic mass is 32.1. The number of amides is 1. The van der Waals surface area contributed by atoms with E-state index < -0.39 is 0 Å².